The van der Waals surface area contributed by atoms with Crippen molar-refractivity contribution in [2.24, 2.45) is 0 Å². The first-order valence-electron chi connectivity index (χ1n) is 9.97. The smallest absolute Gasteiger partial charge is 0.338 e. The molecule has 3 nitrogen and oxygen atoms in total. The highest BCUT2D eigenvalue weighted by Crippen LogP contribution is 2.56. The standard InChI is InChI=1S/C25H26O3P.BrH/c1-25(2)27-23(24(26)28-25)18-19-29(20-12-6-3-7-13-20,21-14-8-4-9-15-21)22-16-10-5-11-17-22;/h3-17,23H,18-19H2,1-2H3;1H/q+1;/p-1/t23-;/m1./s1. The zero-order chi connectivity index (χ0) is 20.3. The summed E-state index contributed by atoms with van der Waals surface area (Å²) in [6, 6.07) is 32.0. The number of rotatable bonds is 6. The minimum absolute atomic E-state index is 0. The van der Waals surface area contributed by atoms with Gasteiger partial charge in [-0.15, -0.1) is 0 Å². The van der Waals surface area contributed by atoms with Gasteiger partial charge in [0, 0.05) is 20.3 Å². The quantitative estimate of drug-likeness (QED) is 0.387. The normalized spacial score (nSPS) is 17.8. The van der Waals surface area contributed by atoms with Gasteiger partial charge in [0.1, 0.15) is 23.2 Å². The molecule has 1 fully saturated rings. The molecule has 1 aliphatic heterocycles. The van der Waals surface area contributed by atoms with Crippen LogP contribution in [0.25, 0.3) is 0 Å². The van der Waals surface area contributed by atoms with Crippen molar-refractivity contribution in [3.63, 3.8) is 0 Å². The summed E-state index contributed by atoms with van der Waals surface area (Å²) in [4.78, 5) is 12.4. The number of hydrogen-bond acceptors (Lipinski definition) is 3. The highest BCUT2D eigenvalue weighted by atomic mass is 79.9. The summed E-state index contributed by atoms with van der Waals surface area (Å²) < 4.78 is 11.3. The van der Waals surface area contributed by atoms with Gasteiger partial charge in [0.25, 0.3) is 0 Å². The number of benzene rings is 3. The Morgan fingerprint density at radius 3 is 1.50 bits per heavy atom. The average Bonchev–Trinajstić information content (AvgIpc) is 3.02. The number of carbonyl (C=O) groups excluding carboxylic acids is 1. The molecule has 0 aliphatic carbocycles. The lowest BCUT2D eigenvalue weighted by Crippen LogP contribution is -3.00. The largest absolute Gasteiger partial charge is 1.00 e. The maximum Gasteiger partial charge on any atom is 0.338 e. The van der Waals surface area contributed by atoms with Gasteiger partial charge >= 0.3 is 5.97 Å². The third-order valence-corrected chi connectivity index (χ3v) is 9.82. The van der Waals surface area contributed by atoms with Crippen LogP contribution in [0.3, 0.4) is 0 Å². The highest BCUT2D eigenvalue weighted by Gasteiger charge is 2.48. The van der Waals surface area contributed by atoms with Crippen LogP contribution in [0, 0.1) is 0 Å². The van der Waals surface area contributed by atoms with Crippen LogP contribution in [0.5, 0.6) is 0 Å². The van der Waals surface area contributed by atoms with Crippen molar-refractivity contribution in [1.82, 2.24) is 0 Å². The van der Waals surface area contributed by atoms with Crippen LogP contribution >= 0.6 is 7.26 Å². The van der Waals surface area contributed by atoms with Gasteiger partial charge in [0.2, 0.25) is 5.79 Å². The van der Waals surface area contributed by atoms with E-state index in [1.807, 2.05) is 18.2 Å². The molecule has 1 atom stereocenters. The molecular weight excluding hydrogens is 459 g/mol. The molecule has 1 aliphatic rings. The predicted octanol–water partition coefficient (Wildman–Crippen LogP) is 1.05. The number of esters is 1. The van der Waals surface area contributed by atoms with Gasteiger partial charge in [-0.2, -0.15) is 0 Å². The van der Waals surface area contributed by atoms with Crippen molar-refractivity contribution in [2.75, 3.05) is 6.16 Å². The van der Waals surface area contributed by atoms with Crippen LogP contribution in [0.2, 0.25) is 0 Å². The van der Waals surface area contributed by atoms with E-state index in [1.54, 1.807) is 13.8 Å². The first-order chi connectivity index (χ1) is 14.0. The molecule has 0 bridgehead atoms. The van der Waals surface area contributed by atoms with E-state index in [0.29, 0.717) is 6.42 Å². The van der Waals surface area contributed by atoms with Gasteiger partial charge in [-0.1, -0.05) is 54.6 Å². The monoisotopic (exact) mass is 484 g/mol. The van der Waals surface area contributed by atoms with Gasteiger partial charge in [-0.25, -0.2) is 4.79 Å². The second-order valence-corrected chi connectivity index (χ2v) is 11.4. The first-order valence-corrected chi connectivity index (χ1v) is 11.9. The average molecular weight is 485 g/mol. The minimum atomic E-state index is -1.96. The van der Waals surface area contributed by atoms with Gasteiger partial charge in [0.05, 0.1) is 6.16 Å². The van der Waals surface area contributed by atoms with Crippen molar-refractivity contribution >= 4 is 29.1 Å². The van der Waals surface area contributed by atoms with Gasteiger partial charge in [0.15, 0.2) is 6.10 Å². The number of hydrogen-bond donors (Lipinski definition) is 0. The summed E-state index contributed by atoms with van der Waals surface area (Å²) in [5.74, 6) is -1.11. The molecule has 0 N–H and O–H groups in total. The molecule has 1 saturated heterocycles. The maximum atomic E-state index is 12.4. The van der Waals surface area contributed by atoms with Crippen LogP contribution in [0.15, 0.2) is 91.0 Å². The fourth-order valence-electron chi connectivity index (χ4n) is 4.09. The van der Waals surface area contributed by atoms with E-state index in [4.69, 9.17) is 9.47 Å². The summed E-state index contributed by atoms with van der Waals surface area (Å²) in [7, 11) is -1.96. The van der Waals surface area contributed by atoms with Gasteiger partial charge in [-0.05, 0) is 36.4 Å². The molecule has 30 heavy (non-hydrogen) atoms. The van der Waals surface area contributed by atoms with Crippen LogP contribution < -0.4 is 32.9 Å². The molecule has 4 rings (SSSR count). The Morgan fingerprint density at radius 1 is 0.767 bits per heavy atom. The molecule has 1 heterocycles. The van der Waals surface area contributed by atoms with Crippen LogP contribution in [-0.4, -0.2) is 24.0 Å². The lowest BCUT2D eigenvalue weighted by atomic mass is 10.3. The first kappa shape index (κ1) is 22.7. The van der Waals surface area contributed by atoms with E-state index in [-0.39, 0.29) is 23.0 Å². The molecule has 3 aromatic carbocycles. The number of carbonyl (C=O) groups is 1. The maximum absolute atomic E-state index is 12.4. The number of cyclic esters (lactones) is 1. The summed E-state index contributed by atoms with van der Waals surface area (Å²) >= 11 is 0. The Morgan fingerprint density at radius 2 is 1.17 bits per heavy atom. The summed E-state index contributed by atoms with van der Waals surface area (Å²) in [5.41, 5.74) is 0. The summed E-state index contributed by atoms with van der Waals surface area (Å²) in [6.45, 7) is 3.58. The Labute approximate surface area is 189 Å². The highest BCUT2D eigenvalue weighted by molar-refractivity contribution is 7.95. The van der Waals surface area contributed by atoms with Crippen LogP contribution in [0.4, 0.5) is 0 Å². The van der Waals surface area contributed by atoms with Crippen molar-refractivity contribution in [2.45, 2.75) is 32.2 Å². The molecule has 3 aromatic rings. The third-order valence-electron chi connectivity index (χ3n) is 5.35. The Kier molecular flexibility index (Phi) is 7.13. The second-order valence-electron chi connectivity index (χ2n) is 7.76. The fourth-order valence-corrected chi connectivity index (χ4v) is 8.43. The van der Waals surface area contributed by atoms with Crippen LogP contribution in [0.1, 0.15) is 20.3 Å². The zero-order valence-corrected chi connectivity index (χ0v) is 19.7. The summed E-state index contributed by atoms with van der Waals surface area (Å²) in [5, 5.41) is 3.93. The lowest BCUT2D eigenvalue weighted by Gasteiger charge is -2.28. The van der Waals surface area contributed by atoms with E-state index in [2.05, 4.69) is 72.8 Å². The van der Waals surface area contributed by atoms with Crippen molar-refractivity contribution < 1.29 is 31.2 Å². The molecule has 0 radical (unpaired) electrons. The third kappa shape index (κ3) is 4.51. The predicted molar refractivity (Wildman–Crippen MR) is 120 cm³/mol. The molecule has 156 valence electrons. The topological polar surface area (TPSA) is 35.5 Å². The zero-order valence-electron chi connectivity index (χ0n) is 17.2. The molecular formula is C25H26BrO3P. The van der Waals surface area contributed by atoms with Crippen molar-refractivity contribution in [3.8, 4) is 0 Å². The van der Waals surface area contributed by atoms with E-state index in [1.165, 1.54) is 15.9 Å². The second kappa shape index (κ2) is 9.43. The number of ether oxygens (including phenoxy) is 2. The fraction of sp³-hybridized carbons (Fsp3) is 0.240. The Balaban J connectivity index is 0.00000256. The van der Waals surface area contributed by atoms with Crippen molar-refractivity contribution in [1.29, 1.82) is 0 Å². The van der Waals surface area contributed by atoms with Gasteiger partial charge < -0.3 is 26.5 Å². The molecule has 0 saturated carbocycles. The van der Waals surface area contributed by atoms with Gasteiger partial charge in [-0.3, -0.25) is 0 Å². The molecule has 0 spiro atoms. The molecule has 0 aromatic heterocycles. The Hall–Kier alpha value is -2.00. The molecule has 0 amide bonds. The summed E-state index contributed by atoms with van der Waals surface area (Å²) in [6.07, 6.45) is 0.927. The minimum Gasteiger partial charge on any atom is -1.00 e. The number of halogens is 1. The van der Waals surface area contributed by atoms with E-state index in [0.717, 1.165) is 6.16 Å². The van der Waals surface area contributed by atoms with Crippen LogP contribution in [-0.2, 0) is 14.3 Å². The molecule has 5 heteroatoms. The SMILES string of the molecule is CC1(C)OC(=O)[C@@H](CC[P+](c2ccccc2)(c2ccccc2)c2ccccc2)O1.[Br-]. The van der Waals surface area contributed by atoms with E-state index in [9.17, 15) is 4.79 Å². The molecule has 0 unspecified atom stereocenters. The van der Waals surface area contributed by atoms with E-state index < -0.39 is 19.2 Å². The Bertz CT molecular complexity index is 865. The lowest BCUT2D eigenvalue weighted by molar-refractivity contribution is -0.160. The van der Waals surface area contributed by atoms with E-state index >= 15 is 0 Å². The van der Waals surface area contributed by atoms with Crippen molar-refractivity contribution in [3.05, 3.63) is 91.0 Å².